The third-order valence-electron chi connectivity index (χ3n) is 14.5. The van der Waals surface area contributed by atoms with Gasteiger partial charge >= 0.3 is 24.5 Å². The second-order valence-corrected chi connectivity index (χ2v) is 20.7. The first-order valence-corrected chi connectivity index (χ1v) is 24.8. The number of aromatic nitrogens is 2. The number of pyridine rings is 2. The lowest BCUT2D eigenvalue weighted by atomic mass is 9.82. The second kappa shape index (κ2) is 24.0. The van der Waals surface area contributed by atoms with Crippen LogP contribution in [-0.2, 0) is 32.0 Å². The first kappa shape index (κ1) is 59.5. The molecule has 3 saturated heterocycles. The average Bonchev–Trinajstić information content (AvgIpc) is 3.60. The van der Waals surface area contributed by atoms with Gasteiger partial charge in [0.25, 0.3) is 5.91 Å². The number of aliphatic hydroxyl groups is 1. The van der Waals surface area contributed by atoms with Crippen LogP contribution in [0.5, 0.6) is 0 Å². The molecule has 26 heteroatoms. The third kappa shape index (κ3) is 14.0. The average molecular weight is 1120 g/mol. The number of carboxylic acid groups (broad SMARTS) is 1. The van der Waals surface area contributed by atoms with Gasteiger partial charge < -0.3 is 40.5 Å². The second-order valence-electron chi connectivity index (χ2n) is 20.7. The van der Waals surface area contributed by atoms with Gasteiger partial charge in [0.15, 0.2) is 0 Å². The van der Waals surface area contributed by atoms with Crippen LogP contribution in [0.1, 0.15) is 62.8 Å². The fraction of sp³-hybridized carbons (Fsp3) is 0.472. The predicted molar refractivity (Wildman–Crippen MR) is 266 cm³/mol. The van der Waals surface area contributed by atoms with E-state index in [2.05, 4.69) is 41.7 Å². The minimum absolute atomic E-state index is 0.219. The van der Waals surface area contributed by atoms with Gasteiger partial charge in [-0.3, -0.25) is 24.9 Å². The highest BCUT2D eigenvalue weighted by Crippen LogP contribution is 2.42. The number of anilines is 1. The normalized spacial score (nSPS) is 18.6. The molecule has 2 aromatic heterocycles. The summed E-state index contributed by atoms with van der Waals surface area (Å²) in [4.78, 5) is 65.5. The molecule has 0 spiro atoms. The zero-order chi connectivity index (χ0) is 57.8. The van der Waals surface area contributed by atoms with Crippen molar-refractivity contribution in [2.24, 2.45) is 10.8 Å². The lowest BCUT2D eigenvalue weighted by molar-refractivity contribution is -0.221. The van der Waals surface area contributed by atoms with Gasteiger partial charge in [-0.05, 0) is 95.0 Å². The Bertz CT molecular complexity index is 2880. The van der Waals surface area contributed by atoms with Crippen molar-refractivity contribution in [1.29, 1.82) is 0 Å². The summed E-state index contributed by atoms with van der Waals surface area (Å²) in [5.41, 5.74) is -4.30. The van der Waals surface area contributed by atoms with Gasteiger partial charge in [0.1, 0.15) is 35.4 Å². The Labute approximate surface area is 448 Å². The molecular formula is C53H58F9N9O8. The topological polar surface area (TPSA) is 211 Å². The number of methoxy groups -OCH3 is 1. The van der Waals surface area contributed by atoms with Crippen LogP contribution in [0.3, 0.4) is 0 Å². The number of piperazine rings is 1. The Morgan fingerprint density at radius 1 is 0.785 bits per heavy atom. The van der Waals surface area contributed by atoms with E-state index in [1.165, 1.54) is 17.4 Å². The van der Waals surface area contributed by atoms with E-state index in [0.29, 0.717) is 62.0 Å². The number of fused-ring (bicyclic) bond motifs is 2. The molecule has 5 heterocycles. The molecule has 17 nitrogen and oxygen atoms in total. The van der Waals surface area contributed by atoms with E-state index < -0.39 is 114 Å². The van der Waals surface area contributed by atoms with Crippen LogP contribution < -0.4 is 26.3 Å². The Morgan fingerprint density at radius 2 is 1.37 bits per heavy atom. The molecule has 426 valence electrons. The van der Waals surface area contributed by atoms with Crippen LogP contribution in [0.15, 0.2) is 73.1 Å². The van der Waals surface area contributed by atoms with Crippen molar-refractivity contribution in [2.75, 3.05) is 44.9 Å². The van der Waals surface area contributed by atoms with Crippen molar-refractivity contribution >= 4 is 29.8 Å². The number of carbonyl (C=O) groups excluding carboxylic acids is 3. The summed E-state index contributed by atoms with van der Waals surface area (Å²) >= 11 is 0. The summed E-state index contributed by atoms with van der Waals surface area (Å²) in [6, 6.07) is 7.47. The third-order valence-corrected chi connectivity index (χ3v) is 14.5. The van der Waals surface area contributed by atoms with E-state index in [4.69, 9.17) is 4.74 Å². The number of nitrogens with zero attached hydrogens (tertiary/aromatic N) is 5. The van der Waals surface area contributed by atoms with E-state index in [-0.39, 0.29) is 16.8 Å². The molecule has 3 aliphatic heterocycles. The standard InChI is InChI=1S/C53H58F9N9O8/c1-50(2,52(57,58)59)44(67-49(77)78-5)46(73)65-41(18-30-9-6-29(7-10-30)8-11-31-12-15-43(64-22-31)69-23-34-13-14-35(24-69)71(34)36-27-79-28-36)42(72)26-70(68-47(74)45(66-48(75)76)51(3,4)53(60,61)62)25-37-38(55)19-32(20-39(37)56)40-21-33(54)16-17-63-40/h6-7,9-10,12,15-17,19-22,34-36,41-42,44-45,66,72H,13-14,18,23-28H2,1-5H3,(H,65,73)(H,67,77)(H,68,74)(H,75,76)/t34?,35?,41-,42-,44+,45+/m0/s1. The zero-order valence-corrected chi connectivity index (χ0v) is 43.3. The van der Waals surface area contributed by atoms with Crippen LogP contribution in [-0.4, -0.2) is 149 Å². The summed E-state index contributed by atoms with van der Waals surface area (Å²) < 4.78 is 143. The number of nitrogens with one attached hydrogen (secondary N) is 4. The van der Waals surface area contributed by atoms with Crippen LogP contribution in [0.4, 0.5) is 54.9 Å². The number of alkyl carbamates (subject to hydrolysis) is 1. The summed E-state index contributed by atoms with van der Waals surface area (Å²) in [6.07, 6.45) is -11.7. The fourth-order valence-electron chi connectivity index (χ4n) is 9.59. The van der Waals surface area contributed by atoms with E-state index in [1.807, 2.05) is 22.9 Å². The van der Waals surface area contributed by atoms with Crippen molar-refractivity contribution in [3.8, 4) is 23.1 Å². The predicted octanol–water partition coefficient (Wildman–Crippen LogP) is 6.47. The molecule has 2 bridgehead atoms. The minimum Gasteiger partial charge on any atom is -0.465 e. The van der Waals surface area contributed by atoms with Crippen molar-refractivity contribution in [3.05, 3.63) is 113 Å². The molecule has 79 heavy (non-hydrogen) atoms. The molecule has 3 aliphatic rings. The maximum absolute atomic E-state index is 16.0. The number of amides is 4. The Balaban J connectivity index is 1.17. The van der Waals surface area contributed by atoms with Gasteiger partial charge in [-0.1, -0.05) is 24.0 Å². The largest absolute Gasteiger partial charge is 0.465 e. The monoisotopic (exact) mass is 1120 g/mol. The quantitative estimate of drug-likeness (QED) is 0.0359. The number of alkyl halides is 6. The molecular weight excluding hydrogens is 1060 g/mol. The lowest BCUT2D eigenvalue weighted by Gasteiger charge is -2.47. The number of ether oxygens (including phenoxy) is 2. The zero-order valence-electron chi connectivity index (χ0n) is 43.3. The van der Waals surface area contributed by atoms with Gasteiger partial charge in [0.05, 0.1) is 55.0 Å². The van der Waals surface area contributed by atoms with Gasteiger partial charge in [0, 0.05) is 79.0 Å². The van der Waals surface area contributed by atoms with E-state index in [1.54, 1.807) is 18.3 Å². The van der Waals surface area contributed by atoms with E-state index in [9.17, 15) is 60.1 Å². The van der Waals surface area contributed by atoms with Crippen LogP contribution in [0.2, 0.25) is 0 Å². The Kier molecular flexibility index (Phi) is 18.1. The SMILES string of the molecule is COC(=O)N[C@H](C(=O)N[C@@H](Cc1ccc(C#Cc2ccc(N3CC4CCC(C3)N4C3COC3)nc2)cc1)[C@@H](O)CN(Cc1c(F)cc(-c2cc(F)ccn2)cc1F)NC(=O)[C@@H](NC(=O)O)C(C)(C)C(F)(F)F)C(C)(C)C(F)(F)F. The molecule has 4 amide bonds. The fourth-order valence-corrected chi connectivity index (χ4v) is 9.59. The smallest absolute Gasteiger partial charge is 0.407 e. The number of halogens is 9. The highest BCUT2D eigenvalue weighted by atomic mass is 19.4. The molecule has 3 fully saturated rings. The van der Waals surface area contributed by atoms with Gasteiger partial charge in [-0.25, -0.2) is 32.8 Å². The van der Waals surface area contributed by atoms with E-state index >= 15 is 8.78 Å². The molecule has 6 N–H and O–H groups in total. The number of hydrogen-bond donors (Lipinski definition) is 6. The van der Waals surface area contributed by atoms with Crippen molar-refractivity contribution in [1.82, 2.24) is 41.3 Å². The van der Waals surface area contributed by atoms with Crippen molar-refractivity contribution in [2.45, 2.75) is 108 Å². The summed E-state index contributed by atoms with van der Waals surface area (Å²) in [5, 5.41) is 27.6. The van der Waals surface area contributed by atoms with Crippen LogP contribution in [0.25, 0.3) is 11.3 Å². The van der Waals surface area contributed by atoms with Gasteiger partial charge in [0.2, 0.25) is 5.91 Å². The summed E-state index contributed by atoms with van der Waals surface area (Å²) in [7, 11) is 0.823. The first-order chi connectivity index (χ1) is 37.1. The molecule has 2 aromatic carbocycles. The molecule has 7 rings (SSSR count). The first-order valence-electron chi connectivity index (χ1n) is 24.8. The minimum atomic E-state index is -5.26. The molecule has 6 atom stereocenters. The number of benzene rings is 2. The molecule has 0 radical (unpaired) electrons. The summed E-state index contributed by atoms with van der Waals surface area (Å²) in [6.45, 7) is 3.10. The van der Waals surface area contributed by atoms with Crippen molar-refractivity contribution in [3.63, 3.8) is 0 Å². The number of hydrogen-bond acceptors (Lipinski definition) is 12. The number of hydrazine groups is 1. The lowest BCUT2D eigenvalue weighted by Crippen LogP contribution is -2.63. The van der Waals surface area contributed by atoms with Gasteiger partial charge in [-0.15, -0.1) is 0 Å². The number of rotatable bonds is 18. The molecule has 2 unspecified atom stereocenters. The number of aliphatic hydroxyl groups excluding tert-OH is 1. The van der Waals surface area contributed by atoms with E-state index in [0.717, 1.165) is 82.5 Å². The van der Waals surface area contributed by atoms with Crippen molar-refractivity contribution < 1.29 is 78.4 Å². The number of carbonyl (C=O) groups is 4. The summed E-state index contributed by atoms with van der Waals surface area (Å²) in [5.74, 6) is 0.00248. The Morgan fingerprint density at radius 3 is 1.89 bits per heavy atom. The van der Waals surface area contributed by atoms with Gasteiger partial charge in [-0.2, -0.15) is 26.3 Å². The molecule has 4 aromatic rings. The molecule has 0 saturated carbocycles. The highest BCUT2D eigenvalue weighted by Gasteiger charge is 2.57. The van der Waals surface area contributed by atoms with Crippen LogP contribution in [0, 0.1) is 40.1 Å². The highest BCUT2D eigenvalue weighted by molar-refractivity contribution is 5.87. The maximum atomic E-state index is 16.0. The Hall–Kier alpha value is -7.21. The maximum Gasteiger partial charge on any atom is 0.407 e. The van der Waals surface area contributed by atoms with Crippen LogP contribution >= 0.6 is 0 Å². The molecule has 0 aliphatic carbocycles.